The SMILES string of the molecule is Cc1ccc(F)cc1Oc1ccc(CN)c2ccccc12. The van der Waals surface area contributed by atoms with Crippen molar-refractivity contribution >= 4 is 10.8 Å². The topological polar surface area (TPSA) is 35.2 Å². The number of rotatable bonds is 3. The van der Waals surface area contributed by atoms with Crippen molar-refractivity contribution in [3.8, 4) is 11.5 Å². The summed E-state index contributed by atoms with van der Waals surface area (Å²) in [6.07, 6.45) is 0. The minimum atomic E-state index is -0.307. The van der Waals surface area contributed by atoms with Gasteiger partial charge in [0, 0.05) is 18.0 Å². The van der Waals surface area contributed by atoms with E-state index in [-0.39, 0.29) is 5.82 Å². The van der Waals surface area contributed by atoms with Gasteiger partial charge in [-0.3, -0.25) is 0 Å². The molecule has 2 nitrogen and oxygen atoms in total. The highest BCUT2D eigenvalue weighted by atomic mass is 19.1. The normalized spacial score (nSPS) is 10.8. The van der Waals surface area contributed by atoms with Gasteiger partial charge in [-0.15, -0.1) is 0 Å². The Balaban J connectivity index is 2.11. The highest BCUT2D eigenvalue weighted by Gasteiger charge is 2.09. The van der Waals surface area contributed by atoms with Crippen LogP contribution in [-0.2, 0) is 6.54 Å². The molecule has 0 amide bonds. The van der Waals surface area contributed by atoms with E-state index in [2.05, 4.69) is 0 Å². The predicted octanol–water partition coefficient (Wildman–Crippen LogP) is 4.54. The Labute approximate surface area is 123 Å². The predicted molar refractivity (Wildman–Crippen MR) is 83.1 cm³/mol. The number of benzene rings is 3. The average Bonchev–Trinajstić information content (AvgIpc) is 2.51. The van der Waals surface area contributed by atoms with Crippen molar-refractivity contribution in [2.45, 2.75) is 13.5 Å². The highest BCUT2D eigenvalue weighted by Crippen LogP contribution is 2.33. The Bertz CT molecular complexity index is 798. The fourth-order valence-electron chi connectivity index (χ4n) is 2.40. The molecule has 0 heterocycles. The zero-order chi connectivity index (χ0) is 14.8. The Hall–Kier alpha value is -2.39. The van der Waals surface area contributed by atoms with E-state index in [1.54, 1.807) is 6.07 Å². The van der Waals surface area contributed by atoms with Gasteiger partial charge >= 0.3 is 0 Å². The molecule has 2 N–H and O–H groups in total. The van der Waals surface area contributed by atoms with E-state index in [1.165, 1.54) is 12.1 Å². The molecule has 21 heavy (non-hydrogen) atoms. The fourth-order valence-corrected chi connectivity index (χ4v) is 2.40. The molecule has 3 aromatic carbocycles. The van der Waals surface area contributed by atoms with Crippen molar-refractivity contribution in [2.24, 2.45) is 5.73 Å². The van der Waals surface area contributed by atoms with Crippen LogP contribution in [0.15, 0.2) is 54.6 Å². The number of nitrogens with two attached hydrogens (primary N) is 1. The molecule has 0 spiro atoms. The standard InChI is InChI=1S/C18H16FNO/c1-12-6-8-14(19)10-18(12)21-17-9-7-13(11-20)15-4-2-3-5-16(15)17/h2-10H,11,20H2,1H3. The lowest BCUT2D eigenvalue weighted by Gasteiger charge is -2.13. The minimum Gasteiger partial charge on any atom is -0.456 e. The van der Waals surface area contributed by atoms with Gasteiger partial charge in [-0.1, -0.05) is 36.4 Å². The number of halogens is 1. The summed E-state index contributed by atoms with van der Waals surface area (Å²) in [6, 6.07) is 16.3. The first-order valence-corrected chi connectivity index (χ1v) is 6.84. The smallest absolute Gasteiger partial charge is 0.135 e. The summed E-state index contributed by atoms with van der Waals surface area (Å²) < 4.78 is 19.3. The van der Waals surface area contributed by atoms with E-state index in [0.717, 1.165) is 21.9 Å². The Morgan fingerprint density at radius 2 is 1.71 bits per heavy atom. The summed E-state index contributed by atoms with van der Waals surface area (Å²) in [4.78, 5) is 0. The van der Waals surface area contributed by atoms with Gasteiger partial charge in [0.1, 0.15) is 17.3 Å². The quantitative estimate of drug-likeness (QED) is 0.765. The summed E-state index contributed by atoms with van der Waals surface area (Å²) in [5, 5.41) is 2.04. The van der Waals surface area contributed by atoms with Crippen molar-refractivity contribution in [3.63, 3.8) is 0 Å². The van der Waals surface area contributed by atoms with Crippen LogP contribution in [0.5, 0.6) is 11.5 Å². The summed E-state index contributed by atoms with van der Waals surface area (Å²) in [5.74, 6) is 0.927. The summed E-state index contributed by atoms with van der Waals surface area (Å²) in [6.45, 7) is 2.37. The lowest BCUT2D eigenvalue weighted by atomic mass is 10.0. The molecule has 0 aliphatic carbocycles. The molecule has 3 heteroatoms. The van der Waals surface area contributed by atoms with Gasteiger partial charge in [-0.2, -0.15) is 0 Å². The van der Waals surface area contributed by atoms with Crippen LogP contribution in [0, 0.1) is 12.7 Å². The van der Waals surface area contributed by atoms with Gasteiger partial charge in [-0.05, 0) is 35.6 Å². The third-order valence-corrected chi connectivity index (χ3v) is 3.56. The Morgan fingerprint density at radius 3 is 2.48 bits per heavy atom. The van der Waals surface area contributed by atoms with E-state index in [0.29, 0.717) is 18.0 Å². The molecule has 0 aromatic heterocycles. The molecular formula is C18H16FNO. The average molecular weight is 281 g/mol. The van der Waals surface area contributed by atoms with E-state index in [4.69, 9.17) is 10.5 Å². The van der Waals surface area contributed by atoms with Crippen molar-refractivity contribution in [1.29, 1.82) is 0 Å². The monoisotopic (exact) mass is 281 g/mol. The second kappa shape index (κ2) is 5.54. The molecule has 0 bridgehead atoms. The lowest BCUT2D eigenvalue weighted by molar-refractivity contribution is 0.478. The third kappa shape index (κ3) is 2.60. The Kier molecular flexibility index (Phi) is 3.59. The van der Waals surface area contributed by atoms with Crippen LogP contribution in [0.3, 0.4) is 0 Å². The molecule has 0 saturated heterocycles. The molecule has 0 radical (unpaired) electrons. The van der Waals surface area contributed by atoms with Crippen LogP contribution in [0.2, 0.25) is 0 Å². The molecule has 3 rings (SSSR count). The molecule has 0 unspecified atom stereocenters. The van der Waals surface area contributed by atoms with Crippen LogP contribution < -0.4 is 10.5 Å². The first-order valence-electron chi connectivity index (χ1n) is 6.84. The first kappa shape index (κ1) is 13.6. The fraction of sp³-hybridized carbons (Fsp3) is 0.111. The van der Waals surface area contributed by atoms with E-state index < -0.39 is 0 Å². The van der Waals surface area contributed by atoms with Crippen LogP contribution in [0.25, 0.3) is 10.8 Å². The van der Waals surface area contributed by atoms with Gasteiger partial charge < -0.3 is 10.5 Å². The lowest BCUT2D eigenvalue weighted by Crippen LogP contribution is -1.98. The van der Waals surface area contributed by atoms with Gasteiger partial charge in [-0.25, -0.2) is 4.39 Å². The minimum absolute atomic E-state index is 0.307. The molecule has 3 aromatic rings. The van der Waals surface area contributed by atoms with Crippen molar-refractivity contribution in [1.82, 2.24) is 0 Å². The maximum atomic E-state index is 13.4. The Morgan fingerprint density at radius 1 is 0.952 bits per heavy atom. The summed E-state index contributed by atoms with van der Waals surface area (Å²) in [5.41, 5.74) is 7.73. The second-order valence-corrected chi connectivity index (χ2v) is 4.98. The molecular weight excluding hydrogens is 265 g/mol. The zero-order valence-electron chi connectivity index (χ0n) is 11.8. The number of hydrogen-bond donors (Lipinski definition) is 1. The van der Waals surface area contributed by atoms with Crippen LogP contribution in [-0.4, -0.2) is 0 Å². The van der Waals surface area contributed by atoms with Crippen molar-refractivity contribution in [3.05, 3.63) is 71.5 Å². The van der Waals surface area contributed by atoms with E-state index in [1.807, 2.05) is 43.3 Å². The molecule has 0 fully saturated rings. The zero-order valence-corrected chi connectivity index (χ0v) is 11.8. The third-order valence-electron chi connectivity index (χ3n) is 3.56. The maximum Gasteiger partial charge on any atom is 0.135 e. The second-order valence-electron chi connectivity index (χ2n) is 4.98. The van der Waals surface area contributed by atoms with E-state index >= 15 is 0 Å². The van der Waals surface area contributed by atoms with Crippen LogP contribution >= 0.6 is 0 Å². The van der Waals surface area contributed by atoms with Crippen LogP contribution in [0.1, 0.15) is 11.1 Å². The van der Waals surface area contributed by atoms with Crippen molar-refractivity contribution in [2.75, 3.05) is 0 Å². The number of ether oxygens (including phenoxy) is 1. The molecule has 0 saturated carbocycles. The van der Waals surface area contributed by atoms with E-state index in [9.17, 15) is 4.39 Å². The van der Waals surface area contributed by atoms with Gasteiger partial charge in [0.2, 0.25) is 0 Å². The summed E-state index contributed by atoms with van der Waals surface area (Å²) in [7, 11) is 0. The first-order chi connectivity index (χ1) is 10.2. The number of aryl methyl sites for hydroxylation is 1. The molecule has 106 valence electrons. The van der Waals surface area contributed by atoms with Gasteiger partial charge in [0.05, 0.1) is 0 Å². The maximum absolute atomic E-state index is 13.4. The van der Waals surface area contributed by atoms with Gasteiger partial charge in [0.25, 0.3) is 0 Å². The highest BCUT2D eigenvalue weighted by molar-refractivity contribution is 5.91. The van der Waals surface area contributed by atoms with Crippen LogP contribution in [0.4, 0.5) is 4.39 Å². The van der Waals surface area contributed by atoms with Crippen molar-refractivity contribution < 1.29 is 9.13 Å². The van der Waals surface area contributed by atoms with Gasteiger partial charge in [0.15, 0.2) is 0 Å². The molecule has 0 atom stereocenters. The molecule has 0 aliphatic heterocycles. The summed E-state index contributed by atoms with van der Waals surface area (Å²) >= 11 is 0. The number of fused-ring (bicyclic) bond motifs is 1. The molecule has 0 aliphatic rings. The largest absolute Gasteiger partial charge is 0.456 e. The number of hydrogen-bond acceptors (Lipinski definition) is 2.